The van der Waals surface area contributed by atoms with Crippen LogP contribution in [-0.4, -0.2) is 54.2 Å². The van der Waals surface area contributed by atoms with Crippen LogP contribution in [0.25, 0.3) is 0 Å². The average Bonchev–Trinajstić information content (AvgIpc) is 3.11. The molecule has 5 nitrogen and oxygen atoms in total. The van der Waals surface area contributed by atoms with Gasteiger partial charge in [0.2, 0.25) is 5.91 Å². The van der Waals surface area contributed by atoms with Gasteiger partial charge in [-0.3, -0.25) is 9.69 Å². The van der Waals surface area contributed by atoms with E-state index in [-0.39, 0.29) is 18.1 Å². The second-order valence-electron chi connectivity index (χ2n) is 6.24. The van der Waals surface area contributed by atoms with Gasteiger partial charge in [0.15, 0.2) is 0 Å². The summed E-state index contributed by atoms with van der Waals surface area (Å²) in [5, 5.41) is 12.9. The van der Waals surface area contributed by atoms with E-state index in [2.05, 4.69) is 10.2 Å². The summed E-state index contributed by atoms with van der Waals surface area (Å²) in [5.41, 5.74) is 6.10. The Labute approximate surface area is 115 Å². The third kappa shape index (κ3) is 5.09. The van der Waals surface area contributed by atoms with Crippen molar-refractivity contribution in [2.45, 2.75) is 44.8 Å². The first-order chi connectivity index (χ1) is 9.04. The van der Waals surface area contributed by atoms with E-state index in [1.54, 1.807) is 0 Å². The quantitative estimate of drug-likeness (QED) is 0.631. The number of carbonyl (C=O) groups is 1. The van der Waals surface area contributed by atoms with Crippen molar-refractivity contribution < 1.29 is 9.90 Å². The van der Waals surface area contributed by atoms with Crippen molar-refractivity contribution in [2.75, 3.05) is 26.2 Å². The van der Waals surface area contributed by atoms with Crippen molar-refractivity contribution >= 4 is 5.91 Å². The average molecular weight is 269 g/mol. The van der Waals surface area contributed by atoms with E-state index < -0.39 is 0 Å². The fourth-order valence-corrected chi connectivity index (χ4v) is 3.11. The number of nitrogens with zero attached hydrogens (tertiary/aromatic N) is 1. The molecular formula is C14H27N3O2. The summed E-state index contributed by atoms with van der Waals surface area (Å²) in [6, 6.07) is 0.197. The highest BCUT2D eigenvalue weighted by Crippen LogP contribution is 2.36. The second kappa shape index (κ2) is 6.68. The molecular weight excluding hydrogens is 242 g/mol. The summed E-state index contributed by atoms with van der Waals surface area (Å²) in [6.07, 6.45) is 4.14. The summed E-state index contributed by atoms with van der Waals surface area (Å²) in [5.74, 6) is 1.06. The molecule has 1 amide bonds. The van der Waals surface area contributed by atoms with Crippen LogP contribution >= 0.6 is 0 Å². The molecule has 3 unspecified atom stereocenters. The van der Waals surface area contributed by atoms with Gasteiger partial charge in [-0.2, -0.15) is 0 Å². The zero-order chi connectivity index (χ0) is 13.8. The molecule has 5 heteroatoms. The van der Waals surface area contributed by atoms with Crippen LogP contribution in [0.2, 0.25) is 0 Å². The van der Waals surface area contributed by atoms with Crippen molar-refractivity contribution in [2.24, 2.45) is 17.6 Å². The van der Waals surface area contributed by atoms with E-state index >= 15 is 0 Å². The van der Waals surface area contributed by atoms with Crippen LogP contribution in [0.3, 0.4) is 0 Å². The third-order valence-corrected chi connectivity index (χ3v) is 4.19. The molecule has 0 bridgehead atoms. The number of hydrogen-bond donors (Lipinski definition) is 3. The minimum absolute atomic E-state index is 0.0158. The van der Waals surface area contributed by atoms with Crippen LogP contribution in [0.5, 0.6) is 0 Å². The number of aliphatic hydroxyl groups excluding tert-OH is 1. The zero-order valence-electron chi connectivity index (χ0n) is 11.8. The lowest BCUT2D eigenvalue weighted by molar-refractivity contribution is -0.119. The molecule has 1 aliphatic carbocycles. The molecule has 3 atom stereocenters. The van der Waals surface area contributed by atoms with Gasteiger partial charge >= 0.3 is 0 Å². The fourth-order valence-electron chi connectivity index (χ4n) is 3.11. The van der Waals surface area contributed by atoms with Gasteiger partial charge in [-0.15, -0.1) is 0 Å². The van der Waals surface area contributed by atoms with E-state index in [9.17, 15) is 9.90 Å². The summed E-state index contributed by atoms with van der Waals surface area (Å²) in [4.78, 5) is 13.2. The van der Waals surface area contributed by atoms with E-state index in [1.165, 1.54) is 19.8 Å². The van der Waals surface area contributed by atoms with Crippen molar-refractivity contribution in [3.63, 3.8) is 0 Å². The summed E-state index contributed by atoms with van der Waals surface area (Å²) >= 11 is 0. The highest BCUT2D eigenvalue weighted by molar-refractivity contribution is 5.72. The molecule has 1 saturated heterocycles. The number of rotatable bonds is 6. The largest absolute Gasteiger partial charge is 0.393 e. The van der Waals surface area contributed by atoms with Gasteiger partial charge in [0.25, 0.3) is 0 Å². The normalized spacial score (nSPS) is 30.1. The molecule has 1 saturated carbocycles. The van der Waals surface area contributed by atoms with Crippen molar-refractivity contribution in [1.82, 2.24) is 10.2 Å². The first-order valence-corrected chi connectivity index (χ1v) is 7.45. The number of amides is 1. The lowest BCUT2D eigenvalue weighted by Gasteiger charge is -2.37. The Morgan fingerprint density at radius 2 is 2.21 bits per heavy atom. The summed E-state index contributed by atoms with van der Waals surface area (Å²) < 4.78 is 0. The maximum atomic E-state index is 10.9. The Kier molecular flexibility index (Phi) is 5.19. The van der Waals surface area contributed by atoms with Gasteiger partial charge in [0.05, 0.1) is 6.10 Å². The van der Waals surface area contributed by atoms with Crippen LogP contribution in [0, 0.1) is 11.8 Å². The Bertz CT molecular complexity index is 307. The first-order valence-electron chi connectivity index (χ1n) is 7.45. The van der Waals surface area contributed by atoms with E-state index in [4.69, 9.17) is 5.73 Å². The molecule has 1 heterocycles. The van der Waals surface area contributed by atoms with Crippen LogP contribution in [0.15, 0.2) is 0 Å². The van der Waals surface area contributed by atoms with Crippen LogP contribution in [0.1, 0.15) is 32.6 Å². The number of likely N-dealkylation sites (tertiary alicyclic amines) is 1. The molecule has 4 N–H and O–H groups in total. The second-order valence-corrected chi connectivity index (χ2v) is 6.24. The summed E-state index contributed by atoms with van der Waals surface area (Å²) in [7, 11) is 0. The molecule has 19 heavy (non-hydrogen) atoms. The van der Waals surface area contributed by atoms with Gasteiger partial charge in [-0.1, -0.05) is 0 Å². The smallest absolute Gasteiger partial charge is 0.216 e. The van der Waals surface area contributed by atoms with Gasteiger partial charge < -0.3 is 16.2 Å². The fraction of sp³-hybridized carbons (Fsp3) is 0.929. The predicted molar refractivity (Wildman–Crippen MR) is 74.6 cm³/mol. The third-order valence-electron chi connectivity index (χ3n) is 4.19. The number of carbonyl (C=O) groups excluding carboxylic acids is 1. The molecule has 110 valence electrons. The molecule has 0 aromatic carbocycles. The number of nitrogens with two attached hydrogens (primary N) is 1. The highest BCUT2D eigenvalue weighted by atomic mass is 16.3. The standard InChI is InChI=1S/C14H27N3O2/c1-10(18)16-4-5-17-8-11(6-13(15)9-17)7-14(19)12-2-3-12/h11-14,19H,2-9,15H2,1H3,(H,16,18). The lowest BCUT2D eigenvalue weighted by atomic mass is 9.89. The maximum Gasteiger partial charge on any atom is 0.216 e. The number of hydrogen-bond acceptors (Lipinski definition) is 4. The van der Waals surface area contributed by atoms with Crippen LogP contribution in [-0.2, 0) is 4.79 Å². The number of aliphatic hydroxyl groups is 1. The summed E-state index contributed by atoms with van der Waals surface area (Å²) in [6.45, 7) is 4.96. The van der Waals surface area contributed by atoms with Crippen LogP contribution < -0.4 is 11.1 Å². The van der Waals surface area contributed by atoms with E-state index in [0.29, 0.717) is 18.4 Å². The Morgan fingerprint density at radius 1 is 1.47 bits per heavy atom. The van der Waals surface area contributed by atoms with E-state index in [0.717, 1.165) is 32.5 Å². The Morgan fingerprint density at radius 3 is 2.84 bits per heavy atom. The molecule has 0 aromatic heterocycles. The monoisotopic (exact) mass is 269 g/mol. The zero-order valence-corrected chi connectivity index (χ0v) is 11.8. The van der Waals surface area contributed by atoms with Gasteiger partial charge in [0.1, 0.15) is 0 Å². The van der Waals surface area contributed by atoms with E-state index in [1.807, 2.05) is 0 Å². The Hall–Kier alpha value is -0.650. The molecule has 0 radical (unpaired) electrons. The van der Waals surface area contributed by atoms with Gasteiger partial charge in [-0.25, -0.2) is 0 Å². The topological polar surface area (TPSA) is 78.6 Å². The molecule has 2 fully saturated rings. The minimum atomic E-state index is -0.132. The van der Waals surface area contributed by atoms with Crippen molar-refractivity contribution in [1.29, 1.82) is 0 Å². The molecule has 0 spiro atoms. The molecule has 1 aliphatic heterocycles. The SMILES string of the molecule is CC(=O)NCCN1CC(N)CC(CC(O)C2CC2)C1. The van der Waals surface area contributed by atoms with Crippen LogP contribution in [0.4, 0.5) is 0 Å². The minimum Gasteiger partial charge on any atom is -0.393 e. The molecule has 2 rings (SSSR count). The van der Waals surface area contributed by atoms with Gasteiger partial charge in [0, 0.05) is 39.1 Å². The molecule has 2 aliphatic rings. The van der Waals surface area contributed by atoms with Crippen molar-refractivity contribution in [3.05, 3.63) is 0 Å². The predicted octanol–water partition coefficient (Wildman–Crippen LogP) is -0.0673. The highest BCUT2D eigenvalue weighted by Gasteiger charge is 2.33. The van der Waals surface area contributed by atoms with Crippen molar-refractivity contribution in [3.8, 4) is 0 Å². The molecule has 0 aromatic rings. The maximum absolute atomic E-state index is 10.9. The first kappa shape index (κ1) is 14.8. The number of nitrogens with one attached hydrogen (secondary N) is 1. The number of piperidine rings is 1. The van der Waals surface area contributed by atoms with Gasteiger partial charge in [-0.05, 0) is 37.5 Å². The lowest BCUT2D eigenvalue weighted by Crippen LogP contribution is -2.49. The Balaban J connectivity index is 1.73.